The lowest BCUT2D eigenvalue weighted by Crippen LogP contribution is -2.19. The Bertz CT molecular complexity index is 663. The molecular weight excluding hydrogens is 332 g/mol. The molecule has 1 N–H and O–H groups in total. The minimum absolute atomic E-state index is 0. The zero-order chi connectivity index (χ0) is 17.7. The quantitative estimate of drug-likeness (QED) is 0.775. The molecule has 0 fully saturated rings. The lowest BCUT2D eigenvalue weighted by Gasteiger charge is -2.15. The van der Waals surface area contributed by atoms with E-state index in [0.29, 0.717) is 5.92 Å². The van der Waals surface area contributed by atoms with Gasteiger partial charge in [-0.15, -0.1) is 12.4 Å². The Morgan fingerprint density at radius 1 is 0.960 bits per heavy atom. The molecule has 3 nitrogen and oxygen atoms in total. The second-order valence-corrected chi connectivity index (χ2v) is 6.99. The third-order valence-corrected chi connectivity index (χ3v) is 4.17. The largest absolute Gasteiger partial charge is 0.378 e. The van der Waals surface area contributed by atoms with Crippen LogP contribution in [0.25, 0.3) is 0 Å². The van der Waals surface area contributed by atoms with Gasteiger partial charge in [0, 0.05) is 25.5 Å². The minimum Gasteiger partial charge on any atom is -0.378 e. The minimum atomic E-state index is -0.174. The summed E-state index contributed by atoms with van der Waals surface area (Å²) in [6.07, 6.45) is 1.07. The fraction of sp³-hybridized carbons (Fsp3) is 0.381. The molecule has 0 spiro atoms. The SMILES string of the molecule is CC(C)Cc1ccc([C@H](C)C(=O)Nc2ccc(N(C)C)cc2)cc1.Cl. The van der Waals surface area contributed by atoms with Gasteiger partial charge >= 0.3 is 0 Å². The van der Waals surface area contributed by atoms with Crippen LogP contribution in [0.15, 0.2) is 48.5 Å². The van der Waals surface area contributed by atoms with Crippen LogP contribution in [0.1, 0.15) is 37.8 Å². The highest BCUT2D eigenvalue weighted by Gasteiger charge is 2.15. The van der Waals surface area contributed by atoms with Crippen molar-refractivity contribution in [1.29, 1.82) is 0 Å². The Balaban J connectivity index is 0.00000312. The van der Waals surface area contributed by atoms with Crippen LogP contribution in [0.3, 0.4) is 0 Å². The molecule has 0 aliphatic rings. The lowest BCUT2D eigenvalue weighted by molar-refractivity contribution is -0.117. The molecule has 2 aromatic rings. The zero-order valence-corrected chi connectivity index (χ0v) is 16.6. The van der Waals surface area contributed by atoms with Crippen molar-refractivity contribution in [1.82, 2.24) is 0 Å². The number of halogens is 1. The number of amides is 1. The van der Waals surface area contributed by atoms with E-state index in [-0.39, 0.29) is 24.2 Å². The molecule has 0 heterocycles. The number of carbonyl (C=O) groups excluding carboxylic acids is 1. The molecule has 1 amide bonds. The van der Waals surface area contributed by atoms with Crippen molar-refractivity contribution < 1.29 is 4.79 Å². The number of nitrogens with zero attached hydrogens (tertiary/aromatic N) is 1. The maximum Gasteiger partial charge on any atom is 0.231 e. The van der Waals surface area contributed by atoms with Crippen LogP contribution in [-0.2, 0) is 11.2 Å². The molecule has 0 aliphatic carbocycles. The predicted molar refractivity (Wildman–Crippen MR) is 110 cm³/mol. The van der Waals surface area contributed by atoms with Gasteiger partial charge in [0.2, 0.25) is 5.91 Å². The smallest absolute Gasteiger partial charge is 0.231 e. The van der Waals surface area contributed by atoms with E-state index in [0.717, 1.165) is 23.4 Å². The summed E-state index contributed by atoms with van der Waals surface area (Å²) in [6.45, 7) is 6.37. The third-order valence-electron chi connectivity index (χ3n) is 4.17. The van der Waals surface area contributed by atoms with Crippen molar-refractivity contribution in [2.75, 3.05) is 24.3 Å². The number of hydrogen-bond acceptors (Lipinski definition) is 2. The highest BCUT2D eigenvalue weighted by molar-refractivity contribution is 5.95. The Morgan fingerprint density at radius 3 is 2.00 bits per heavy atom. The topological polar surface area (TPSA) is 32.3 Å². The van der Waals surface area contributed by atoms with Gasteiger partial charge in [-0.25, -0.2) is 0 Å². The van der Waals surface area contributed by atoms with Crippen LogP contribution in [0.4, 0.5) is 11.4 Å². The molecule has 0 unspecified atom stereocenters. The first kappa shape index (κ1) is 21.0. The van der Waals surface area contributed by atoms with E-state index >= 15 is 0 Å². The summed E-state index contributed by atoms with van der Waals surface area (Å²) in [4.78, 5) is 14.5. The van der Waals surface area contributed by atoms with Crippen LogP contribution < -0.4 is 10.2 Å². The van der Waals surface area contributed by atoms with E-state index in [1.807, 2.05) is 50.2 Å². The van der Waals surface area contributed by atoms with Gasteiger partial charge in [-0.3, -0.25) is 4.79 Å². The molecule has 0 aromatic heterocycles. The molecule has 4 heteroatoms. The summed E-state index contributed by atoms with van der Waals surface area (Å²) >= 11 is 0. The molecule has 0 saturated carbocycles. The van der Waals surface area contributed by atoms with Gasteiger partial charge in [0.25, 0.3) is 0 Å². The van der Waals surface area contributed by atoms with Gasteiger partial charge in [-0.2, -0.15) is 0 Å². The molecule has 0 bridgehead atoms. The number of hydrogen-bond donors (Lipinski definition) is 1. The second-order valence-electron chi connectivity index (χ2n) is 6.99. The van der Waals surface area contributed by atoms with E-state index in [1.165, 1.54) is 5.56 Å². The Morgan fingerprint density at radius 2 is 1.52 bits per heavy atom. The molecule has 2 aromatic carbocycles. The monoisotopic (exact) mass is 360 g/mol. The van der Waals surface area contributed by atoms with Gasteiger partial charge < -0.3 is 10.2 Å². The van der Waals surface area contributed by atoms with Crippen molar-refractivity contribution in [3.63, 3.8) is 0 Å². The fourth-order valence-electron chi connectivity index (χ4n) is 2.66. The number of benzene rings is 2. The average molecular weight is 361 g/mol. The van der Waals surface area contributed by atoms with E-state index in [9.17, 15) is 4.79 Å². The maximum absolute atomic E-state index is 12.5. The summed E-state index contributed by atoms with van der Waals surface area (Å²) in [6, 6.07) is 16.3. The van der Waals surface area contributed by atoms with Crippen LogP contribution in [-0.4, -0.2) is 20.0 Å². The van der Waals surface area contributed by atoms with Gasteiger partial charge in [0.1, 0.15) is 0 Å². The van der Waals surface area contributed by atoms with E-state index in [4.69, 9.17) is 0 Å². The van der Waals surface area contributed by atoms with Crippen LogP contribution in [0.5, 0.6) is 0 Å². The van der Waals surface area contributed by atoms with E-state index in [2.05, 4.69) is 43.4 Å². The van der Waals surface area contributed by atoms with Crippen molar-refractivity contribution in [2.45, 2.75) is 33.1 Å². The number of carbonyl (C=O) groups is 1. The average Bonchev–Trinajstić information content (AvgIpc) is 2.54. The lowest BCUT2D eigenvalue weighted by atomic mass is 9.96. The molecule has 25 heavy (non-hydrogen) atoms. The molecule has 136 valence electrons. The van der Waals surface area contributed by atoms with Crippen molar-refractivity contribution in [3.8, 4) is 0 Å². The summed E-state index contributed by atoms with van der Waals surface area (Å²) in [5, 5.41) is 3.00. The van der Waals surface area contributed by atoms with Crippen LogP contribution in [0, 0.1) is 5.92 Å². The van der Waals surface area contributed by atoms with Gasteiger partial charge in [0.15, 0.2) is 0 Å². The van der Waals surface area contributed by atoms with Crippen LogP contribution in [0.2, 0.25) is 0 Å². The van der Waals surface area contributed by atoms with Crippen molar-refractivity contribution >= 4 is 29.7 Å². The predicted octanol–water partition coefficient (Wildman–Crippen LogP) is 5.12. The van der Waals surface area contributed by atoms with Gasteiger partial charge in [0.05, 0.1) is 5.92 Å². The van der Waals surface area contributed by atoms with E-state index in [1.54, 1.807) is 0 Å². The standard InChI is InChI=1S/C21H28N2O.ClH/c1-15(2)14-17-6-8-18(9-7-17)16(3)21(24)22-19-10-12-20(13-11-19)23(4)5;/h6-13,15-16H,14H2,1-5H3,(H,22,24);1H/t16-;/m0./s1. The zero-order valence-electron chi connectivity index (χ0n) is 15.7. The normalized spacial score (nSPS) is 11.6. The highest BCUT2D eigenvalue weighted by Crippen LogP contribution is 2.21. The molecule has 0 radical (unpaired) electrons. The second kappa shape index (κ2) is 9.47. The molecule has 2 rings (SSSR count). The first-order valence-electron chi connectivity index (χ1n) is 8.54. The third kappa shape index (κ3) is 6.09. The summed E-state index contributed by atoms with van der Waals surface area (Å²) in [5.74, 6) is 0.484. The van der Waals surface area contributed by atoms with E-state index < -0.39 is 0 Å². The Labute approximate surface area is 157 Å². The van der Waals surface area contributed by atoms with Crippen LogP contribution >= 0.6 is 12.4 Å². The molecular formula is C21H29ClN2O. The summed E-state index contributed by atoms with van der Waals surface area (Å²) < 4.78 is 0. The van der Waals surface area contributed by atoms with Gasteiger partial charge in [-0.05, 0) is 54.7 Å². The van der Waals surface area contributed by atoms with Crippen molar-refractivity contribution in [2.24, 2.45) is 5.92 Å². The highest BCUT2D eigenvalue weighted by atomic mass is 35.5. The molecule has 1 atom stereocenters. The first-order valence-corrected chi connectivity index (χ1v) is 8.54. The molecule has 0 saturated heterocycles. The Hall–Kier alpha value is -2.00. The first-order chi connectivity index (χ1) is 11.4. The maximum atomic E-state index is 12.5. The number of nitrogens with one attached hydrogen (secondary N) is 1. The number of anilines is 2. The fourth-order valence-corrected chi connectivity index (χ4v) is 2.66. The summed E-state index contributed by atoms with van der Waals surface area (Å²) in [7, 11) is 4.00. The van der Waals surface area contributed by atoms with Gasteiger partial charge in [-0.1, -0.05) is 38.1 Å². The van der Waals surface area contributed by atoms with Crippen molar-refractivity contribution in [3.05, 3.63) is 59.7 Å². The summed E-state index contributed by atoms with van der Waals surface area (Å²) in [5.41, 5.74) is 4.31. The molecule has 0 aliphatic heterocycles. The Kier molecular flexibility index (Phi) is 7.98. The number of rotatable bonds is 6.